The van der Waals surface area contributed by atoms with Crippen LogP contribution in [0.25, 0.3) is 0 Å². The standard InChI is InChI=1S/C17H13N3O5S/c21-16(18-10-12-3-1-7-25-12)13-6-5-11(20(23)24)9-14(13)19-17(22)15-4-2-8-26-15/h1-9H,10H2,(H,18,21)(H,19,22). The van der Waals surface area contributed by atoms with E-state index in [0.717, 1.165) is 6.07 Å². The quantitative estimate of drug-likeness (QED) is 0.509. The molecule has 0 fully saturated rings. The van der Waals surface area contributed by atoms with Gasteiger partial charge in [-0.2, -0.15) is 0 Å². The number of furan rings is 1. The van der Waals surface area contributed by atoms with Gasteiger partial charge < -0.3 is 15.1 Å². The Hall–Kier alpha value is -3.46. The van der Waals surface area contributed by atoms with Crippen molar-refractivity contribution in [1.82, 2.24) is 5.32 Å². The predicted octanol–water partition coefficient (Wildman–Crippen LogP) is 3.43. The molecule has 3 rings (SSSR count). The maximum atomic E-state index is 12.4. The van der Waals surface area contributed by atoms with Crippen molar-refractivity contribution in [3.8, 4) is 0 Å². The van der Waals surface area contributed by atoms with E-state index < -0.39 is 16.7 Å². The van der Waals surface area contributed by atoms with E-state index in [9.17, 15) is 19.7 Å². The van der Waals surface area contributed by atoms with Crippen molar-refractivity contribution in [2.45, 2.75) is 6.54 Å². The van der Waals surface area contributed by atoms with Crippen molar-refractivity contribution in [3.63, 3.8) is 0 Å². The van der Waals surface area contributed by atoms with Gasteiger partial charge in [-0.1, -0.05) is 6.07 Å². The summed E-state index contributed by atoms with van der Waals surface area (Å²) in [5.41, 5.74) is -0.0457. The summed E-state index contributed by atoms with van der Waals surface area (Å²) in [6.07, 6.45) is 1.49. The van der Waals surface area contributed by atoms with Crippen molar-refractivity contribution in [1.29, 1.82) is 0 Å². The number of amides is 2. The molecule has 0 spiro atoms. The van der Waals surface area contributed by atoms with Crippen LogP contribution in [0.3, 0.4) is 0 Å². The van der Waals surface area contributed by atoms with Crippen LogP contribution in [0.4, 0.5) is 11.4 Å². The van der Waals surface area contributed by atoms with Gasteiger partial charge >= 0.3 is 0 Å². The van der Waals surface area contributed by atoms with Gasteiger partial charge in [-0.05, 0) is 29.6 Å². The van der Waals surface area contributed by atoms with Crippen LogP contribution in [0.2, 0.25) is 0 Å². The van der Waals surface area contributed by atoms with Crippen LogP contribution >= 0.6 is 11.3 Å². The molecule has 0 bridgehead atoms. The van der Waals surface area contributed by atoms with Gasteiger partial charge in [-0.15, -0.1) is 11.3 Å². The maximum Gasteiger partial charge on any atom is 0.271 e. The molecule has 3 aromatic rings. The van der Waals surface area contributed by atoms with Crippen LogP contribution in [0.15, 0.2) is 58.5 Å². The first-order valence-electron chi connectivity index (χ1n) is 7.48. The highest BCUT2D eigenvalue weighted by Crippen LogP contribution is 2.24. The van der Waals surface area contributed by atoms with E-state index in [0.29, 0.717) is 10.6 Å². The van der Waals surface area contributed by atoms with Crippen LogP contribution in [0.5, 0.6) is 0 Å². The number of non-ortho nitro benzene ring substituents is 1. The number of rotatable bonds is 6. The zero-order valence-corrected chi connectivity index (χ0v) is 14.1. The Balaban J connectivity index is 1.84. The van der Waals surface area contributed by atoms with Gasteiger partial charge in [-0.3, -0.25) is 19.7 Å². The third-order valence-corrected chi connectivity index (χ3v) is 4.32. The molecule has 1 aromatic carbocycles. The minimum absolute atomic E-state index is 0.0644. The summed E-state index contributed by atoms with van der Waals surface area (Å²) in [7, 11) is 0. The molecule has 0 aliphatic heterocycles. The van der Waals surface area contributed by atoms with E-state index in [1.807, 2.05) is 0 Å². The van der Waals surface area contributed by atoms with E-state index >= 15 is 0 Å². The van der Waals surface area contributed by atoms with Gasteiger partial charge in [0, 0.05) is 12.1 Å². The van der Waals surface area contributed by atoms with E-state index in [4.69, 9.17) is 4.42 Å². The molecule has 2 amide bonds. The van der Waals surface area contributed by atoms with Crippen LogP contribution in [0.1, 0.15) is 25.8 Å². The van der Waals surface area contributed by atoms with E-state index in [-0.39, 0.29) is 23.5 Å². The van der Waals surface area contributed by atoms with Crippen molar-refractivity contribution in [3.05, 3.63) is 80.4 Å². The maximum absolute atomic E-state index is 12.4. The number of hydrogen-bond donors (Lipinski definition) is 2. The zero-order chi connectivity index (χ0) is 18.5. The highest BCUT2D eigenvalue weighted by atomic mass is 32.1. The zero-order valence-electron chi connectivity index (χ0n) is 13.3. The molecule has 8 nitrogen and oxygen atoms in total. The van der Waals surface area contributed by atoms with Crippen molar-refractivity contribution >= 4 is 34.5 Å². The smallest absolute Gasteiger partial charge is 0.271 e. The van der Waals surface area contributed by atoms with Gasteiger partial charge in [0.05, 0.1) is 33.9 Å². The predicted molar refractivity (Wildman–Crippen MR) is 95.2 cm³/mol. The molecule has 9 heteroatoms. The molecular formula is C17H13N3O5S. The summed E-state index contributed by atoms with van der Waals surface area (Å²) in [6, 6.07) is 10.4. The lowest BCUT2D eigenvalue weighted by molar-refractivity contribution is -0.384. The Kier molecular flexibility index (Phi) is 5.09. The summed E-state index contributed by atoms with van der Waals surface area (Å²) in [6.45, 7) is 0.154. The molecule has 0 unspecified atom stereocenters. The van der Waals surface area contributed by atoms with Crippen LogP contribution in [-0.4, -0.2) is 16.7 Å². The number of carbonyl (C=O) groups is 2. The van der Waals surface area contributed by atoms with Crippen LogP contribution < -0.4 is 10.6 Å². The molecule has 26 heavy (non-hydrogen) atoms. The fourth-order valence-corrected chi connectivity index (χ4v) is 2.83. The van der Waals surface area contributed by atoms with Crippen molar-refractivity contribution < 1.29 is 18.9 Å². The fraction of sp³-hybridized carbons (Fsp3) is 0.0588. The van der Waals surface area contributed by atoms with Crippen molar-refractivity contribution in [2.24, 2.45) is 0 Å². The second-order valence-corrected chi connectivity index (χ2v) is 6.13. The molecule has 2 aromatic heterocycles. The largest absolute Gasteiger partial charge is 0.467 e. The second-order valence-electron chi connectivity index (χ2n) is 5.18. The molecule has 2 N–H and O–H groups in total. The Morgan fingerprint density at radius 2 is 2.00 bits per heavy atom. The second kappa shape index (κ2) is 7.62. The molecule has 0 aliphatic rings. The Bertz CT molecular complexity index is 935. The number of anilines is 1. The number of nitrogens with one attached hydrogen (secondary N) is 2. The van der Waals surface area contributed by atoms with Crippen molar-refractivity contribution in [2.75, 3.05) is 5.32 Å². The summed E-state index contributed by atoms with van der Waals surface area (Å²) in [5, 5.41) is 18.0. The SMILES string of the molecule is O=C(Nc1cc([N+](=O)[O-])ccc1C(=O)NCc1ccco1)c1cccs1. The highest BCUT2D eigenvalue weighted by Gasteiger charge is 2.19. The van der Waals surface area contributed by atoms with Crippen LogP contribution in [-0.2, 0) is 6.54 Å². The molecular weight excluding hydrogens is 358 g/mol. The third-order valence-electron chi connectivity index (χ3n) is 3.46. The lowest BCUT2D eigenvalue weighted by Crippen LogP contribution is -2.24. The van der Waals surface area contributed by atoms with E-state index in [1.165, 1.54) is 29.7 Å². The molecule has 2 heterocycles. The topological polar surface area (TPSA) is 114 Å². The lowest BCUT2D eigenvalue weighted by Gasteiger charge is -2.10. The molecule has 0 saturated heterocycles. The summed E-state index contributed by atoms with van der Waals surface area (Å²) < 4.78 is 5.14. The third kappa shape index (κ3) is 3.95. The monoisotopic (exact) mass is 371 g/mol. The summed E-state index contributed by atoms with van der Waals surface area (Å²) in [4.78, 5) is 35.5. The van der Waals surface area contributed by atoms with Gasteiger partial charge in [0.25, 0.3) is 17.5 Å². The number of hydrogen-bond acceptors (Lipinski definition) is 6. The Morgan fingerprint density at radius 1 is 1.15 bits per heavy atom. The Labute approximate surface area is 151 Å². The first-order valence-corrected chi connectivity index (χ1v) is 8.36. The number of thiophene rings is 1. The minimum Gasteiger partial charge on any atom is -0.467 e. The molecule has 0 saturated carbocycles. The fourth-order valence-electron chi connectivity index (χ4n) is 2.21. The molecule has 0 aliphatic carbocycles. The summed E-state index contributed by atoms with van der Waals surface area (Å²) >= 11 is 1.22. The lowest BCUT2D eigenvalue weighted by atomic mass is 10.1. The highest BCUT2D eigenvalue weighted by molar-refractivity contribution is 7.12. The number of nitro groups is 1. The van der Waals surface area contributed by atoms with Crippen LogP contribution in [0, 0.1) is 10.1 Å². The van der Waals surface area contributed by atoms with E-state index in [2.05, 4.69) is 10.6 Å². The average molecular weight is 371 g/mol. The normalized spacial score (nSPS) is 10.3. The molecule has 132 valence electrons. The molecule has 0 radical (unpaired) electrons. The Morgan fingerprint density at radius 3 is 2.65 bits per heavy atom. The van der Waals surface area contributed by atoms with Gasteiger partial charge in [-0.25, -0.2) is 0 Å². The number of benzene rings is 1. The molecule has 0 atom stereocenters. The average Bonchev–Trinajstić information content (AvgIpc) is 3.33. The van der Waals surface area contributed by atoms with Gasteiger partial charge in [0.15, 0.2) is 0 Å². The van der Waals surface area contributed by atoms with E-state index in [1.54, 1.807) is 29.6 Å². The number of nitrogens with zero attached hydrogens (tertiary/aromatic N) is 1. The van der Waals surface area contributed by atoms with Gasteiger partial charge in [0.1, 0.15) is 5.76 Å². The minimum atomic E-state index is -0.592. The first kappa shape index (κ1) is 17.4. The number of nitro benzene ring substituents is 1. The number of carbonyl (C=O) groups excluding carboxylic acids is 2. The summed E-state index contributed by atoms with van der Waals surface area (Å²) in [5.74, 6) is -0.372. The van der Waals surface area contributed by atoms with Gasteiger partial charge in [0.2, 0.25) is 0 Å². The first-order chi connectivity index (χ1) is 12.5.